The fourth-order valence-corrected chi connectivity index (χ4v) is 2.02. The first-order valence-corrected chi connectivity index (χ1v) is 6.51. The molecule has 0 radical (unpaired) electrons. The molecule has 1 amide bonds. The molecular weight excluding hydrogens is 260 g/mol. The number of hydrogen-bond acceptors (Lipinski definition) is 2. The molecule has 0 aliphatic rings. The van der Waals surface area contributed by atoms with Gasteiger partial charge < -0.3 is 11.1 Å². The molecule has 1 aromatic carbocycles. The number of halogens is 1. The highest BCUT2D eigenvalue weighted by Gasteiger charge is 2.10. The molecular formula is C15H25ClN2O. The van der Waals surface area contributed by atoms with Crippen LogP contribution < -0.4 is 11.1 Å². The quantitative estimate of drug-likeness (QED) is 0.873. The number of nitrogens with one attached hydrogen (secondary N) is 1. The van der Waals surface area contributed by atoms with E-state index in [1.165, 1.54) is 11.1 Å². The first kappa shape index (κ1) is 17.9. The smallest absolute Gasteiger partial charge is 0.220 e. The Morgan fingerprint density at radius 3 is 2.21 bits per heavy atom. The van der Waals surface area contributed by atoms with Crippen LogP contribution in [0.5, 0.6) is 0 Å². The summed E-state index contributed by atoms with van der Waals surface area (Å²) in [4.78, 5) is 11.7. The number of benzene rings is 1. The van der Waals surface area contributed by atoms with Gasteiger partial charge in [-0.2, -0.15) is 0 Å². The largest absolute Gasteiger partial charge is 0.350 e. The van der Waals surface area contributed by atoms with Gasteiger partial charge in [-0.1, -0.05) is 29.3 Å². The second-order valence-electron chi connectivity index (χ2n) is 5.23. The first-order valence-electron chi connectivity index (χ1n) is 6.51. The second kappa shape index (κ2) is 8.18. The number of aryl methyl sites for hydroxylation is 2. The van der Waals surface area contributed by atoms with Crippen molar-refractivity contribution in [3.05, 3.63) is 34.9 Å². The predicted molar refractivity (Wildman–Crippen MR) is 82.6 cm³/mol. The van der Waals surface area contributed by atoms with E-state index in [4.69, 9.17) is 5.73 Å². The third-order valence-corrected chi connectivity index (χ3v) is 2.95. The molecule has 0 aliphatic carbocycles. The van der Waals surface area contributed by atoms with Crippen LogP contribution in [-0.2, 0) is 4.79 Å². The Hall–Kier alpha value is -1.06. The van der Waals surface area contributed by atoms with E-state index in [1.807, 2.05) is 13.8 Å². The number of amides is 1. The minimum absolute atomic E-state index is 0. The third-order valence-electron chi connectivity index (χ3n) is 2.95. The predicted octanol–water partition coefficient (Wildman–Crippen LogP) is 3.03. The summed E-state index contributed by atoms with van der Waals surface area (Å²) in [5.74, 6) is 0.0685. The molecule has 0 aliphatic heterocycles. The normalized spacial score (nSPS) is 13.3. The Morgan fingerprint density at radius 2 is 1.74 bits per heavy atom. The van der Waals surface area contributed by atoms with Crippen LogP contribution >= 0.6 is 12.4 Å². The van der Waals surface area contributed by atoms with Crippen molar-refractivity contribution in [2.75, 3.05) is 0 Å². The monoisotopic (exact) mass is 284 g/mol. The SMILES string of the molecule is Cc1cc(C)cc(C(C)NC(=O)CCC(C)N)c1.Cl. The number of carbonyl (C=O) groups excluding carboxylic acids is 1. The highest BCUT2D eigenvalue weighted by atomic mass is 35.5. The Kier molecular flexibility index (Phi) is 7.72. The van der Waals surface area contributed by atoms with E-state index in [-0.39, 0.29) is 30.4 Å². The molecule has 0 fully saturated rings. The topological polar surface area (TPSA) is 55.1 Å². The fraction of sp³-hybridized carbons (Fsp3) is 0.533. The number of hydrogen-bond donors (Lipinski definition) is 2. The molecule has 108 valence electrons. The van der Waals surface area contributed by atoms with Crippen LogP contribution in [0.4, 0.5) is 0 Å². The van der Waals surface area contributed by atoms with Crippen LogP contribution in [0.2, 0.25) is 0 Å². The summed E-state index contributed by atoms with van der Waals surface area (Å²) >= 11 is 0. The molecule has 0 saturated heterocycles. The molecule has 0 heterocycles. The molecule has 0 bridgehead atoms. The lowest BCUT2D eigenvalue weighted by Crippen LogP contribution is -2.28. The highest BCUT2D eigenvalue weighted by molar-refractivity contribution is 5.85. The van der Waals surface area contributed by atoms with Gasteiger partial charge in [-0.15, -0.1) is 12.4 Å². The molecule has 19 heavy (non-hydrogen) atoms. The van der Waals surface area contributed by atoms with Crippen molar-refractivity contribution in [3.63, 3.8) is 0 Å². The third kappa shape index (κ3) is 6.60. The van der Waals surface area contributed by atoms with Crippen LogP contribution in [0.25, 0.3) is 0 Å². The van der Waals surface area contributed by atoms with Crippen LogP contribution in [0.15, 0.2) is 18.2 Å². The van der Waals surface area contributed by atoms with Crippen LogP contribution in [-0.4, -0.2) is 11.9 Å². The van der Waals surface area contributed by atoms with Crippen molar-refractivity contribution in [2.24, 2.45) is 5.73 Å². The van der Waals surface area contributed by atoms with E-state index >= 15 is 0 Å². The lowest BCUT2D eigenvalue weighted by Gasteiger charge is -2.16. The molecule has 1 rings (SSSR count). The van der Waals surface area contributed by atoms with Crippen LogP contribution in [0.3, 0.4) is 0 Å². The van der Waals surface area contributed by atoms with Gasteiger partial charge in [-0.3, -0.25) is 4.79 Å². The zero-order chi connectivity index (χ0) is 13.7. The van der Waals surface area contributed by atoms with Gasteiger partial charge >= 0.3 is 0 Å². The summed E-state index contributed by atoms with van der Waals surface area (Å²) < 4.78 is 0. The van der Waals surface area contributed by atoms with Gasteiger partial charge in [0.15, 0.2) is 0 Å². The average molecular weight is 285 g/mol. The number of nitrogens with two attached hydrogens (primary N) is 1. The molecule has 2 atom stereocenters. The Labute approximate surface area is 122 Å². The molecule has 3 N–H and O–H groups in total. The van der Waals surface area contributed by atoms with Gasteiger partial charge in [0, 0.05) is 12.5 Å². The molecule has 1 aromatic rings. The zero-order valence-corrected chi connectivity index (χ0v) is 13.0. The lowest BCUT2D eigenvalue weighted by atomic mass is 10.0. The van der Waals surface area contributed by atoms with Crippen molar-refractivity contribution in [3.8, 4) is 0 Å². The maximum atomic E-state index is 11.7. The summed E-state index contributed by atoms with van der Waals surface area (Å²) in [6.07, 6.45) is 1.22. The molecule has 0 aromatic heterocycles. The maximum Gasteiger partial charge on any atom is 0.220 e. The number of carbonyl (C=O) groups is 1. The Morgan fingerprint density at radius 1 is 1.21 bits per heavy atom. The van der Waals surface area contributed by atoms with Gasteiger partial charge in [0.25, 0.3) is 0 Å². The summed E-state index contributed by atoms with van der Waals surface area (Å²) in [5.41, 5.74) is 9.24. The van der Waals surface area contributed by atoms with Gasteiger partial charge in [0.2, 0.25) is 5.91 Å². The molecule has 0 saturated carbocycles. The summed E-state index contributed by atoms with van der Waals surface area (Å²) in [6, 6.07) is 6.48. The standard InChI is InChI=1S/C15H24N2O.ClH/c1-10-7-11(2)9-14(8-10)13(4)17-15(18)6-5-12(3)16;/h7-9,12-13H,5-6,16H2,1-4H3,(H,17,18);1H. The second-order valence-corrected chi connectivity index (χ2v) is 5.23. The van der Waals surface area contributed by atoms with Crippen molar-refractivity contribution in [2.45, 2.75) is 52.6 Å². The van der Waals surface area contributed by atoms with Crippen LogP contribution in [0.1, 0.15) is 49.4 Å². The molecule has 4 heteroatoms. The average Bonchev–Trinajstić information content (AvgIpc) is 2.25. The highest BCUT2D eigenvalue weighted by Crippen LogP contribution is 2.16. The van der Waals surface area contributed by atoms with E-state index in [0.29, 0.717) is 6.42 Å². The van der Waals surface area contributed by atoms with Gasteiger partial charge in [-0.25, -0.2) is 0 Å². The Bertz CT molecular complexity index is 398. The minimum Gasteiger partial charge on any atom is -0.350 e. The van der Waals surface area contributed by atoms with E-state index < -0.39 is 0 Å². The zero-order valence-electron chi connectivity index (χ0n) is 12.2. The van der Waals surface area contributed by atoms with Crippen molar-refractivity contribution in [1.82, 2.24) is 5.32 Å². The van der Waals surface area contributed by atoms with Crippen molar-refractivity contribution in [1.29, 1.82) is 0 Å². The van der Waals surface area contributed by atoms with Gasteiger partial charge in [0.1, 0.15) is 0 Å². The molecule has 2 unspecified atom stereocenters. The molecule has 3 nitrogen and oxygen atoms in total. The van der Waals surface area contributed by atoms with E-state index in [1.54, 1.807) is 0 Å². The van der Waals surface area contributed by atoms with E-state index in [0.717, 1.165) is 12.0 Å². The number of rotatable bonds is 5. The van der Waals surface area contributed by atoms with Gasteiger partial charge in [-0.05, 0) is 39.7 Å². The fourth-order valence-electron chi connectivity index (χ4n) is 2.02. The van der Waals surface area contributed by atoms with Gasteiger partial charge in [0.05, 0.1) is 6.04 Å². The first-order chi connectivity index (χ1) is 8.38. The van der Waals surface area contributed by atoms with Crippen molar-refractivity contribution < 1.29 is 4.79 Å². The summed E-state index contributed by atoms with van der Waals surface area (Å²) in [7, 11) is 0. The minimum atomic E-state index is 0. The maximum absolute atomic E-state index is 11.7. The summed E-state index contributed by atoms with van der Waals surface area (Å²) in [5, 5.41) is 3.01. The van der Waals surface area contributed by atoms with E-state index in [9.17, 15) is 4.79 Å². The van der Waals surface area contributed by atoms with Crippen LogP contribution in [0, 0.1) is 13.8 Å². The Balaban J connectivity index is 0.00000324. The molecule has 0 spiro atoms. The van der Waals surface area contributed by atoms with E-state index in [2.05, 4.69) is 37.4 Å². The van der Waals surface area contributed by atoms with Crippen molar-refractivity contribution >= 4 is 18.3 Å². The lowest BCUT2D eigenvalue weighted by molar-refractivity contribution is -0.121. The summed E-state index contributed by atoms with van der Waals surface area (Å²) in [6.45, 7) is 8.07.